The van der Waals surface area contributed by atoms with E-state index in [0.29, 0.717) is 11.1 Å². The van der Waals surface area contributed by atoms with Crippen LogP contribution < -0.4 is 0 Å². The Morgan fingerprint density at radius 3 is 1.44 bits per heavy atom. The molecule has 0 aromatic carbocycles. The molecule has 0 aliphatic heterocycles. The molecular formula is C14H26N2. The first-order chi connectivity index (χ1) is 7.46. The number of rotatable bonds is 2. The molecule has 2 heteroatoms. The average molecular weight is 222 g/mol. The molecule has 2 nitrogen and oxygen atoms in total. The highest BCUT2D eigenvalue weighted by atomic mass is 15.2. The van der Waals surface area contributed by atoms with E-state index in [1.165, 1.54) is 38.5 Å². The van der Waals surface area contributed by atoms with Gasteiger partial charge in [0.1, 0.15) is 0 Å². The van der Waals surface area contributed by atoms with Crippen LogP contribution in [0.15, 0.2) is 0 Å². The third-order valence-electron chi connectivity index (χ3n) is 5.90. The molecule has 0 saturated heterocycles. The molecule has 16 heavy (non-hydrogen) atoms. The van der Waals surface area contributed by atoms with Crippen molar-refractivity contribution in [2.45, 2.75) is 49.6 Å². The second-order valence-corrected chi connectivity index (χ2v) is 7.20. The van der Waals surface area contributed by atoms with Gasteiger partial charge in [-0.1, -0.05) is 0 Å². The second kappa shape index (κ2) is 3.23. The van der Waals surface area contributed by atoms with Crippen LogP contribution in [0.1, 0.15) is 38.5 Å². The van der Waals surface area contributed by atoms with E-state index < -0.39 is 0 Å². The van der Waals surface area contributed by atoms with Gasteiger partial charge in [0.2, 0.25) is 0 Å². The van der Waals surface area contributed by atoms with Gasteiger partial charge < -0.3 is 9.80 Å². The Kier molecular flexibility index (Phi) is 2.23. The Bertz CT molecular complexity index is 255. The summed E-state index contributed by atoms with van der Waals surface area (Å²) in [5.74, 6) is 2.01. The lowest BCUT2D eigenvalue weighted by atomic mass is 9.49. The highest BCUT2D eigenvalue weighted by molar-refractivity contribution is 5.15. The summed E-state index contributed by atoms with van der Waals surface area (Å²) in [4.78, 5) is 5.09. The van der Waals surface area contributed by atoms with Crippen molar-refractivity contribution >= 4 is 0 Å². The van der Waals surface area contributed by atoms with Crippen molar-refractivity contribution < 1.29 is 0 Å². The molecule has 4 saturated carbocycles. The summed E-state index contributed by atoms with van der Waals surface area (Å²) in [6.45, 7) is 0. The quantitative estimate of drug-likeness (QED) is 0.707. The van der Waals surface area contributed by atoms with Crippen molar-refractivity contribution in [2.75, 3.05) is 28.2 Å². The summed E-state index contributed by atoms with van der Waals surface area (Å²) < 4.78 is 0. The van der Waals surface area contributed by atoms with Crippen LogP contribution in [0.3, 0.4) is 0 Å². The van der Waals surface area contributed by atoms with E-state index >= 15 is 0 Å². The van der Waals surface area contributed by atoms with Gasteiger partial charge in [0, 0.05) is 11.1 Å². The fraction of sp³-hybridized carbons (Fsp3) is 1.00. The van der Waals surface area contributed by atoms with Crippen LogP contribution in [0.4, 0.5) is 0 Å². The van der Waals surface area contributed by atoms with Crippen molar-refractivity contribution in [1.82, 2.24) is 9.80 Å². The molecule has 0 heterocycles. The molecular weight excluding hydrogens is 196 g/mol. The topological polar surface area (TPSA) is 6.48 Å². The van der Waals surface area contributed by atoms with Crippen LogP contribution >= 0.6 is 0 Å². The molecule has 0 N–H and O–H groups in total. The predicted octanol–water partition coefficient (Wildman–Crippen LogP) is 2.20. The van der Waals surface area contributed by atoms with Gasteiger partial charge in [-0.2, -0.15) is 0 Å². The highest BCUT2D eigenvalue weighted by Crippen LogP contribution is 2.60. The first-order valence-corrected chi connectivity index (χ1v) is 6.81. The van der Waals surface area contributed by atoms with E-state index in [0.717, 1.165) is 11.8 Å². The summed E-state index contributed by atoms with van der Waals surface area (Å²) in [6.07, 6.45) is 8.79. The number of hydrogen-bond donors (Lipinski definition) is 0. The van der Waals surface area contributed by atoms with Crippen LogP contribution in [-0.2, 0) is 0 Å². The Morgan fingerprint density at radius 1 is 0.750 bits per heavy atom. The van der Waals surface area contributed by atoms with E-state index in [4.69, 9.17) is 0 Å². The van der Waals surface area contributed by atoms with Crippen molar-refractivity contribution in [3.8, 4) is 0 Å². The van der Waals surface area contributed by atoms with Gasteiger partial charge in [-0.25, -0.2) is 0 Å². The second-order valence-electron chi connectivity index (χ2n) is 7.20. The molecule has 0 unspecified atom stereocenters. The van der Waals surface area contributed by atoms with Crippen LogP contribution in [0.25, 0.3) is 0 Å². The van der Waals surface area contributed by atoms with Crippen molar-refractivity contribution in [2.24, 2.45) is 11.8 Å². The van der Waals surface area contributed by atoms with Gasteiger partial charge in [0.25, 0.3) is 0 Å². The van der Waals surface area contributed by atoms with Gasteiger partial charge >= 0.3 is 0 Å². The highest BCUT2D eigenvalue weighted by Gasteiger charge is 2.59. The Hall–Kier alpha value is -0.0800. The minimum Gasteiger partial charge on any atom is -0.304 e. The first-order valence-electron chi connectivity index (χ1n) is 6.81. The number of nitrogens with zero attached hydrogens (tertiary/aromatic N) is 2. The van der Waals surface area contributed by atoms with E-state index in [9.17, 15) is 0 Å². The van der Waals surface area contributed by atoms with Crippen LogP contribution in [0, 0.1) is 11.8 Å². The summed E-state index contributed by atoms with van der Waals surface area (Å²) in [5, 5.41) is 0. The van der Waals surface area contributed by atoms with Crippen LogP contribution in [0.5, 0.6) is 0 Å². The third-order valence-corrected chi connectivity index (χ3v) is 5.90. The van der Waals surface area contributed by atoms with Crippen molar-refractivity contribution in [3.63, 3.8) is 0 Å². The minimum absolute atomic E-state index is 0.536. The largest absolute Gasteiger partial charge is 0.304 e. The lowest BCUT2D eigenvalue weighted by Crippen LogP contribution is -2.67. The fourth-order valence-corrected chi connectivity index (χ4v) is 5.21. The SMILES string of the molecule is CN(C)C12CC3CC(C1)CC(N(C)C)(C3)C2. The molecule has 4 rings (SSSR count). The molecule has 92 valence electrons. The zero-order valence-electron chi connectivity index (χ0n) is 11.3. The Labute approximate surface area is 100.0 Å². The smallest absolute Gasteiger partial charge is 0.0226 e. The fourth-order valence-electron chi connectivity index (χ4n) is 5.21. The Morgan fingerprint density at radius 2 is 1.12 bits per heavy atom. The number of hydrogen-bond acceptors (Lipinski definition) is 2. The van der Waals surface area contributed by atoms with Crippen molar-refractivity contribution in [3.05, 3.63) is 0 Å². The lowest BCUT2D eigenvalue weighted by Gasteiger charge is -2.65. The zero-order chi connectivity index (χ0) is 11.6. The minimum atomic E-state index is 0.536. The third kappa shape index (κ3) is 1.32. The molecule has 0 amide bonds. The van der Waals surface area contributed by atoms with Gasteiger partial charge in [0.15, 0.2) is 0 Å². The van der Waals surface area contributed by atoms with E-state index in [2.05, 4.69) is 38.0 Å². The maximum Gasteiger partial charge on any atom is 0.0226 e. The molecule has 0 aromatic heterocycles. The van der Waals surface area contributed by atoms with Crippen LogP contribution in [0.2, 0.25) is 0 Å². The van der Waals surface area contributed by atoms with Gasteiger partial charge in [-0.15, -0.1) is 0 Å². The van der Waals surface area contributed by atoms with Gasteiger partial charge in [-0.05, 0) is 78.6 Å². The van der Waals surface area contributed by atoms with Crippen LogP contribution in [-0.4, -0.2) is 49.1 Å². The molecule has 4 fully saturated rings. The molecule has 4 aliphatic carbocycles. The molecule has 4 bridgehead atoms. The van der Waals surface area contributed by atoms with E-state index in [1.807, 2.05) is 0 Å². The molecule has 0 spiro atoms. The molecule has 4 aliphatic rings. The predicted molar refractivity (Wildman–Crippen MR) is 67.5 cm³/mol. The summed E-state index contributed by atoms with van der Waals surface area (Å²) >= 11 is 0. The summed E-state index contributed by atoms with van der Waals surface area (Å²) in [5.41, 5.74) is 1.07. The summed E-state index contributed by atoms with van der Waals surface area (Å²) in [6, 6.07) is 0. The Balaban J connectivity index is 1.97. The maximum atomic E-state index is 2.54. The average Bonchev–Trinajstić information content (AvgIpc) is 2.14. The summed E-state index contributed by atoms with van der Waals surface area (Å²) in [7, 11) is 9.21. The monoisotopic (exact) mass is 222 g/mol. The standard InChI is InChI=1S/C14H26N2/c1-15(2)13-6-11-5-12(7-13)9-14(8-11,10-13)16(3)4/h11-12H,5-10H2,1-4H3. The lowest BCUT2D eigenvalue weighted by molar-refractivity contribution is -0.127. The maximum absolute atomic E-state index is 2.54. The van der Waals surface area contributed by atoms with Gasteiger partial charge in [0.05, 0.1) is 0 Å². The zero-order valence-corrected chi connectivity index (χ0v) is 11.3. The van der Waals surface area contributed by atoms with E-state index in [-0.39, 0.29) is 0 Å². The van der Waals surface area contributed by atoms with Crippen molar-refractivity contribution in [1.29, 1.82) is 0 Å². The molecule has 0 aromatic rings. The molecule has 0 radical (unpaired) electrons. The van der Waals surface area contributed by atoms with E-state index in [1.54, 1.807) is 0 Å². The first kappa shape index (κ1) is 11.0. The normalized spacial score (nSPS) is 50.6. The molecule has 0 atom stereocenters. The van der Waals surface area contributed by atoms with Gasteiger partial charge in [-0.3, -0.25) is 0 Å².